The van der Waals surface area contributed by atoms with Crippen LogP contribution in [0.2, 0.25) is 0 Å². The van der Waals surface area contributed by atoms with Crippen molar-refractivity contribution in [3.63, 3.8) is 0 Å². The number of rotatable bonds is 4. The first kappa shape index (κ1) is 14.3. The van der Waals surface area contributed by atoms with Gasteiger partial charge in [-0.15, -0.1) is 0 Å². The maximum atomic E-state index is 11.4. The predicted molar refractivity (Wildman–Crippen MR) is 77.6 cm³/mol. The molecule has 0 spiro atoms. The monoisotopic (exact) mass is 279 g/mol. The Morgan fingerprint density at radius 2 is 2.00 bits per heavy atom. The summed E-state index contributed by atoms with van der Waals surface area (Å²) in [6.45, 7) is 7.54. The number of nitrogens with two attached hydrogens (primary N) is 1. The highest BCUT2D eigenvalue weighted by Crippen LogP contribution is 2.15. The Balaban J connectivity index is 2.24. The third-order valence-corrected chi connectivity index (χ3v) is 3.27. The highest BCUT2D eigenvalue weighted by atomic mass is 16.1. The van der Waals surface area contributed by atoms with Crippen LogP contribution in [-0.4, -0.2) is 53.6 Å². The lowest BCUT2D eigenvalue weighted by atomic mass is 10.4. The summed E-state index contributed by atoms with van der Waals surface area (Å²) in [6, 6.07) is 0. The molecule has 1 aliphatic rings. The largest absolute Gasteiger partial charge is 0.368 e. The van der Waals surface area contributed by atoms with Gasteiger partial charge in [-0.1, -0.05) is 0 Å². The maximum Gasteiger partial charge on any atom is 0.232 e. The van der Waals surface area contributed by atoms with E-state index in [4.69, 9.17) is 5.73 Å². The fraction of sp³-hybridized carbons (Fsp3) is 0.667. The number of amides is 1. The van der Waals surface area contributed by atoms with E-state index in [1.165, 1.54) is 0 Å². The molecule has 1 aromatic heterocycles. The van der Waals surface area contributed by atoms with Crippen molar-refractivity contribution in [3.05, 3.63) is 0 Å². The van der Waals surface area contributed by atoms with Gasteiger partial charge >= 0.3 is 0 Å². The van der Waals surface area contributed by atoms with Crippen LogP contribution in [0.15, 0.2) is 0 Å². The molecule has 0 saturated carbocycles. The Kier molecular flexibility index (Phi) is 4.54. The second-order valence-corrected chi connectivity index (χ2v) is 4.55. The minimum atomic E-state index is 0.0542. The van der Waals surface area contributed by atoms with Crippen molar-refractivity contribution < 1.29 is 4.79 Å². The summed E-state index contributed by atoms with van der Waals surface area (Å²) in [6.07, 6.45) is 0.437. The number of aromatic nitrogens is 3. The minimum Gasteiger partial charge on any atom is -0.368 e. The van der Waals surface area contributed by atoms with E-state index in [0.29, 0.717) is 38.0 Å². The number of anilines is 3. The van der Waals surface area contributed by atoms with Crippen molar-refractivity contribution in [2.75, 3.05) is 48.3 Å². The SMILES string of the molecule is CCN(CC)c1nc(N)nc(N2CCNC(=O)CC2)n1. The lowest BCUT2D eigenvalue weighted by Crippen LogP contribution is -2.31. The number of carbonyl (C=O) groups is 1. The van der Waals surface area contributed by atoms with Crippen molar-refractivity contribution in [1.29, 1.82) is 0 Å². The first-order chi connectivity index (χ1) is 9.63. The van der Waals surface area contributed by atoms with E-state index in [0.717, 1.165) is 13.1 Å². The average Bonchev–Trinajstić information content (AvgIpc) is 2.64. The smallest absolute Gasteiger partial charge is 0.232 e. The Morgan fingerprint density at radius 1 is 1.25 bits per heavy atom. The molecule has 8 heteroatoms. The predicted octanol–water partition coefficient (Wildman–Crippen LogP) is -0.374. The number of nitrogens with zero attached hydrogens (tertiary/aromatic N) is 5. The first-order valence-electron chi connectivity index (χ1n) is 6.92. The third kappa shape index (κ3) is 3.25. The number of nitrogens with one attached hydrogen (secondary N) is 1. The number of nitrogen functional groups attached to an aromatic ring is 1. The number of hydrogen-bond donors (Lipinski definition) is 2. The second-order valence-electron chi connectivity index (χ2n) is 4.55. The van der Waals surface area contributed by atoms with Crippen LogP contribution in [0.3, 0.4) is 0 Å². The molecule has 0 unspecified atom stereocenters. The molecule has 3 N–H and O–H groups in total. The summed E-state index contributed by atoms with van der Waals surface area (Å²) in [5, 5.41) is 2.83. The van der Waals surface area contributed by atoms with Crippen LogP contribution in [-0.2, 0) is 4.79 Å². The Bertz CT molecular complexity index is 475. The van der Waals surface area contributed by atoms with Crippen molar-refractivity contribution in [2.45, 2.75) is 20.3 Å². The lowest BCUT2D eigenvalue weighted by molar-refractivity contribution is -0.120. The molecule has 1 amide bonds. The van der Waals surface area contributed by atoms with Crippen molar-refractivity contribution >= 4 is 23.8 Å². The normalized spacial score (nSPS) is 15.7. The van der Waals surface area contributed by atoms with Gasteiger partial charge in [0.1, 0.15) is 0 Å². The van der Waals surface area contributed by atoms with Gasteiger partial charge in [-0.25, -0.2) is 0 Å². The molecule has 1 saturated heterocycles. The van der Waals surface area contributed by atoms with E-state index in [9.17, 15) is 4.79 Å². The van der Waals surface area contributed by atoms with Gasteiger partial charge in [0, 0.05) is 39.1 Å². The zero-order valence-electron chi connectivity index (χ0n) is 12.0. The van der Waals surface area contributed by atoms with Crippen LogP contribution in [0, 0.1) is 0 Å². The zero-order valence-corrected chi connectivity index (χ0v) is 12.0. The molecule has 8 nitrogen and oxygen atoms in total. The van der Waals surface area contributed by atoms with Gasteiger partial charge < -0.3 is 20.9 Å². The highest BCUT2D eigenvalue weighted by Gasteiger charge is 2.18. The number of hydrogen-bond acceptors (Lipinski definition) is 7. The summed E-state index contributed by atoms with van der Waals surface area (Å²) >= 11 is 0. The Labute approximate surface area is 118 Å². The summed E-state index contributed by atoms with van der Waals surface area (Å²) in [5.74, 6) is 1.39. The summed E-state index contributed by atoms with van der Waals surface area (Å²) in [5.41, 5.74) is 5.78. The van der Waals surface area contributed by atoms with Crippen molar-refractivity contribution in [3.8, 4) is 0 Å². The first-order valence-corrected chi connectivity index (χ1v) is 6.92. The molecule has 0 aliphatic carbocycles. The zero-order chi connectivity index (χ0) is 14.5. The average molecular weight is 279 g/mol. The quantitative estimate of drug-likeness (QED) is 0.775. The number of carbonyl (C=O) groups excluding carboxylic acids is 1. The third-order valence-electron chi connectivity index (χ3n) is 3.27. The van der Waals surface area contributed by atoms with Gasteiger partial charge in [-0.2, -0.15) is 15.0 Å². The van der Waals surface area contributed by atoms with Crippen LogP contribution in [0.4, 0.5) is 17.8 Å². The maximum absolute atomic E-state index is 11.4. The molecule has 0 radical (unpaired) electrons. The fourth-order valence-corrected chi connectivity index (χ4v) is 2.13. The van der Waals surface area contributed by atoms with E-state index < -0.39 is 0 Å². The molecule has 1 aromatic rings. The molecule has 2 rings (SSSR count). The molecule has 0 bridgehead atoms. The minimum absolute atomic E-state index is 0.0542. The van der Waals surface area contributed by atoms with E-state index >= 15 is 0 Å². The molecule has 1 aliphatic heterocycles. The summed E-state index contributed by atoms with van der Waals surface area (Å²) in [7, 11) is 0. The van der Waals surface area contributed by atoms with E-state index in [2.05, 4.69) is 20.3 Å². The molecule has 110 valence electrons. The van der Waals surface area contributed by atoms with E-state index in [1.807, 2.05) is 23.6 Å². The molecule has 2 heterocycles. The topological polar surface area (TPSA) is 100 Å². The van der Waals surface area contributed by atoms with E-state index in [1.54, 1.807) is 0 Å². The molecule has 20 heavy (non-hydrogen) atoms. The lowest BCUT2D eigenvalue weighted by Gasteiger charge is -2.23. The fourth-order valence-electron chi connectivity index (χ4n) is 2.13. The van der Waals surface area contributed by atoms with Crippen LogP contribution in [0.1, 0.15) is 20.3 Å². The van der Waals surface area contributed by atoms with Gasteiger partial charge in [0.15, 0.2) is 0 Å². The highest BCUT2D eigenvalue weighted by molar-refractivity contribution is 5.77. The molecule has 1 fully saturated rings. The van der Waals surface area contributed by atoms with Gasteiger partial charge in [0.2, 0.25) is 23.8 Å². The molecular formula is C12H21N7O. The van der Waals surface area contributed by atoms with Crippen molar-refractivity contribution in [1.82, 2.24) is 20.3 Å². The molecule has 0 aromatic carbocycles. The van der Waals surface area contributed by atoms with E-state index in [-0.39, 0.29) is 11.9 Å². The Morgan fingerprint density at radius 3 is 2.70 bits per heavy atom. The summed E-state index contributed by atoms with van der Waals surface area (Å²) < 4.78 is 0. The van der Waals surface area contributed by atoms with Gasteiger partial charge in [-0.3, -0.25) is 4.79 Å². The second kappa shape index (κ2) is 6.36. The Hall–Kier alpha value is -2.12. The standard InChI is InChI=1S/C12H21N7O/c1-3-18(4-2)11-15-10(13)16-12(17-11)19-7-5-9(20)14-6-8-19/h3-8H2,1-2H3,(H,14,20)(H2,13,15,16,17). The van der Waals surface area contributed by atoms with Gasteiger partial charge in [-0.05, 0) is 13.8 Å². The van der Waals surface area contributed by atoms with Crippen LogP contribution >= 0.6 is 0 Å². The van der Waals surface area contributed by atoms with Gasteiger partial charge in [0.05, 0.1) is 0 Å². The van der Waals surface area contributed by atoms with Crippen LogP contribution in [0.25, 0.3) is 0 Å². The summed E-state index contributed by atoms with van der Waals surface area (Å²) in [4.78, 5) is 28.2. The van der Waals surface area contributed by atoms with Crippen LogP contribution in [0.5, 0.6) is 0 Å². The molecule has 0 atom stereocenters. The van der Waals surface area contributed by atoms with Crippen LogP contribution < -0.4 is 20.9 Å². The van der Waals surface area contributed by atoms with Gasteiger partial charge in [0.25, 0.3) is 0 Å². The van der Waals surface area contributed by atoms with Crippen molar-refractivity contribution in [2.24, 2.45) is 0 Å². The molecular weight excluding hydrogens is 258 g/mol.